The predicted octanol–water partition coefficient (Wildman–Crippen LogP) is 4.18. The zero-order valence-corrected chi connectivity index (χ0v) is 12.9. The molecule has 0 atom stereocenters. The number of aromatic nitrogens is 1. The number of hydrogen-bond acceptors (Lipinski definition) is 3. The molecular formula is C15H26N2S. The summed E-state index contributed by atoms with van der Waals surface area (Å²) in [5.74, 6) is 1.62. The first-order valence-electron chi connectivity index (χ1n) is 7.10. The Bertz CT molecular complexity index is 370. The largest absolute Gasteiger partial charge is 0.315 e. The molecular weight excluding hydrogens is 240 g/mol. The van der Waals surface area contributed by atoms with E-state index < -0.39 is 0 Å². The summed E-state index contributed by atoms with van der Waals surface area (Å²) in [6, 6.07) is 0. The summed E-state index contributed by atoms with van der Waals surface area (Å²) in [6.45, 7) is 8.10. The first-order valence-corrected chi connectivity index (χ1v) is 7.91. The second kappa shape index (κ2) is 5.70. The Hall–Kier alpha value is -0.410. The molecule has 1 aromatic heterocycles. The van der Waals surface area contributed by atoms with E-state index in [1.807, 2.05) is 24.6 Å². The van der Waals surface area contributed by atoms with E-state index in [4.69, 9.17) is 0 Å². The smallest absolute Gasteiger partial charge is 0.0959 e. The van der Waals surface area contributed by atoms with Gasteiger partial charge in [-0.05, 0) is 44.1 Å². The maximum atomic E-state index is 4.62. The van der Waals surface area contributed by atoms with E-state index >= 15 is 0 Å². The maximum absolute atomic E-state index is 4.62. The fourth-order valence-corrected chi connectivity index (χ4v) is 4.07. The van der Waals surface area contributed by atoms with E-state index in [0.29, 0.717) is 5.41 Å². The van der Waals surface area contributed by atoms with Crippen molar-refractivity contribution in [3.05, 3.63) is 16.1 Å². The number of hydrogen-bond donors (Lipinski definition) is 1. The number of rotatable bonds is 3. The summed E-state index contributed by atoms with van der Waals surface area (Å²) in [4.78, 5) is 5.99. The molecule has 2 rings (SSSR count). The highest BCUT2D eigenvalue weighted by Gasteiger charge is 2.31. The van der Waals surface area contributed by atoms with Crippen molar-refractivity contribution in [1.82, 2.24) is 10.3 Å². The molecule has 102 valence electrons. The van der Waals surface area contributed by atoms with Gasteiger partial charge < -0.3 is 5.32 Å². The van der Waals surface area contributed by atoms with Crippen molar-refractivity contribution in [3.8, 4) is 0 Å². The molecule has 18 heavy (non-hydrogen) atoms. The van der Waals surface area contributed by atoms with Crippen molar-refractivity contribution in [2.24, 2.45) is 11.3 Å². The van der Waals surface area contributed by atoms with Crippen LogP contribution in [0, 0.1) is 11.3 Å². The molecule has 1 aliphatic rings. The van der Waals surface area contributed by atoms with Crippen LogP contribution >= 0.6 is 11.3 Å². The summed E-state index contributed by atoms with van der Waals surface area (Å²) in [6.07, 6.45) is 7.44. The third kappa shape index (κ3) is 3.33. The molecule has 0 amide bonds. The van der Waals surface area contributed by atoms with E-state index in [0.717, 1.165) is 18.4 Å². The standard InChI is InChI=1S/C15H26N2S/c1-15(2,3)12-7-5-11(6-8-12)14-17-10-13(18-14)9-16-4/h10-12,16H,5-9H2,1-4H3. The lowest BCUT2D eigenvalue weighted by atomic mass is 9.70. The van der Waals surface area contributed by atoms with E-state index in [2.05, 4.69) is 31.1 Å². The SMILES string of the molecule is CNCc1cnc(C2CCC(C(C)(C)C)CC2)s1. The molecule has 0 saturated heterocycles. The molecule has 0 aliphatic heterocycles. The van der Waals surface area contributed by atoms with Crippen LogP contribution in [0.5, 0.6) is 0 Å². The lowest BCUT2D eigenvalue weighted by Gasteiger charge is -2.36. The number of thiazole rings is 1. The zero-order chi connectivity index (χ0) is 13.2. The zero-order valence-electron chi connectivity index (χ0n) is 12.1. The predicted molar refractivity (Wildman–Crippen MR) is 79.0 cm³/mol. The summed E-state index contributed by atoms with van der Waals surface area (Å²) in [7, 11) is 1.99. The molecule has 1 aromatic rings. The fraction of sp³-hybridized carbons (Fsp3) is 0.800. The molecule has 1 saturated carbocycles. The van der Waals surface area contributed by atoms with Crippen LogP contribution in [0.3, 0.4) is 0 Å². The van der Waals surface area contributed by atoms with Gasteiger partial charge in [0.05, 0.1) is 5.01 Å². The molecule has 2 nitrogen and oxygen atoms in total. The Morgan fingerprint density at radius 2 is 1.94 bits per heavy atom. The molecule has 0 unspecified atom stereocenters. The Labute approximate surface area is 115 Å². The third-order valence-electron chi connectivity index (χ3n) is 4.22. The minimum atomic E-state index is 0.477. The normalized spacial score (nSPS) is 25.3. The second-order valence-electron chi connectivity index (χ2n) is 6.61. The van der Waals surface area contributed by atoms with Gasteiger partial charge in [-0.15, -0.1) is 11.3 Å². The number of nitrogens with zero attached hydrogens (tertiary/aromatic N) is 1. The van der Waals surface area contributed by atoms with Gasteiger partial charge in [0.25, 0.3) is 0 Å². The van der Waals surface area contributed by atoms with Gasteiger partial charge in [-0.1, -0.05) is 20.8 Å². The lowest BCUT2D eigenvalue weighted by molar-refractivity contribution is 0.169. The van der Waals surface area contributed by atoms with E-state index in [1.165, 1.54) is 35.6 Å². The van der Waals surface area contributed by atoms with Crippen LogP contribution in [0.15, 0.2) is 6.20 Å². The van der Waals surface area contributed by atoms with Crippen molar-refractivity contribution in [3.63, 3.8) is 0 Å². The monoisotopic (exact) mass is 266 g/mol. The third-order valence-corrected chi connectivity index (χ3v) is 5.38. The number of nitrogens with one attached hydrogen (secondary N) is 1. The summed E-state index contributed by atoms with van der Waals surface area (Å²) in [5.41, 5.74) is 0.477. The molecule has 1 N–H and O–H groups in total. The van der Waals surface area contributed by atoms with Crippen molar-refractivity contribution in [2.75, 3.05) is 7.05 Å². The van der Waals surface area contributed by atoms with Crippen molar-refractivity contribution in [1.29, 1.82) is 0 Å². The van der Waals surface area contributed by atoms with Crippen LogP contribution in [0.25, 0.3) is 0 Å². The Kier molecular flexibility index (Phi) is 4.44. The quantitative estimate of drug-likeness (QED) is 0.887. The van der Waals surface area contributed by atoms with Gasteiger partial charge in [-0.3, -0.25) is 0 Å². The van der Waals surface area contributed by atoms with Gasteiger partial charge >= 0.3 is 0 Å². The minimum Gasteiger partial charge on any atom is -0.315 e. The second-order valence-corrected chi connectivity index (χ2v) is 7.76. The van der Waals surface area contributed by atoms with Gasteiger partial charge in [0, 0.05) is 23.5 Å². The van der Waals surface area contributed by atoms with E-state index in [1.54, 1.807) is 0 Å². The first kappa shape index (κ1) is 14.0. The maximum Gasteiger partial charge on any atom is 0.0959 e. The molecule has 0 aromatic carbocycles. The molecule has 1 fully saturated rings. The highest BCUT2D eigenvalue weighted by Crippen LogP contribution is 2.43. The van der Waals surface area contributed by atoms with Crippen molar-refractivity contribution >= 4 is 11.3 Å². The molecule has 1 heterocycles. The highest BCUT2D eigenvalue weighted by atomic mass is 32.1. The minimum absolute atomic E-state index is 0.477. The average molecular weight is 266 g/mol. The Morgan fingerprint density at radius 3 is 2.50 bits per heavy atom. The first-order chi connectivity index (χ1) is 8.50. The van der Waals surface area contributed by atoms with Gasteiger partial charge in [0.2, 0.25) is 0 Å². The molecule has 0 spiro atoms. The summed E-state index contributed by atoms with van der Waals surface area (Å²) >= 11 is 1.90. The van der Waals surface area contributed by atoms with Crippen LogP contribution in [-0.2, 0) is 6.54 Å². The Balaban J connectivity index is 1.92. The van der Waals surface area contributed by atoms with Crippen LogP contribution in [0.2, 0.25) is 0 Å². The van der Waals surface area contributed by atoms with Gasteiger partial charge in [0.1, 0.15) is 0 Å². The van der Waals surface area contributed by atoms with Gasteiger partial charge in [-0.25, -0.2) is 4.98 Å². The van der Waals surface area contributed by atoms with Crippen LogP contribution < -0.4 is 5.32 Å². The van der Waals surface area contributed by atoms with E-state index in [-0.39, 0.29) is 0 Å². The van der Waals surface area contributed by atoms with Gasteiger partial charge in [0.15, 0.2) is 0 Å². The van der Waals surface area contributed by atoms with Crippen LogP contribution in [-0.4, -0.2) is 12.0 Å². The fourth-order valence-electron chi connectivity index (χ4n) is 2.97. The molecule has 0 radical (unpaired) electrons. The van der Waals surface area contributed by atoms with Gasteiger partial charge in [-0.2, -0.15) is 0 Å². The molecule has 0 bridgehead atoms. The van der Waals surface area contributed by atoms with E-state index in [9.17, 15) is 0 Å². The van der Waals surface area contributed by atoms with Crippen LogP contribution in [0.4, 0.5) is 0 Å². The van der Waals surface area contributed by atoms with Crippen LogP contribution in [0.1, 0.15) is 62.3 Å². The van der Waals surface area contributed by atoms with Crippen molar-refractivity contribution in [2.45, 2.75) is 58.9 Å². The highest BCUT2D eigenvalue weighted by molar-refractivity contribution is 7.11. The lowest BCUT2D eigenvalue weighted by Crippen LogP contribution is -2.25. The molecule has 3 heteroatoms. The summed E-state index contributed by atoms with van der Waals surface area (Å²) in [5, 5.41) is 4.57. The molecule has 1 aliphatic carbocycles. The van der Waals surface area contributed by atoms with Crippen molar-refractivity contribution < 1.29 is 0 Å². The topological polar surface area (TPSA) is 24.9 Å². The average Bonchev–Trinajstić information content (AvgIpc) is 2.77. The Morgan fingerprint density at radius 1 is 1.28 bits per heavy atom. The summed E-state index contributed by atoms with van der Waals surface area (Å²) < 4.78 is 0.